The molecule has 2 rings (SSSR count). The molecule has 2 fully saturated rings. The quantitative estimate of drug-likeness (QED) is 0.731. The van der Waals surface area contributed by atoms with Gasteiger partial charge in [-0.2, -0.15) is 0 Å². The van der Waals surface area contributed by atoms with Crippen molar-refractivity contribution in [2.75, 3.05) is 20.2 Å². The fourth-order valence-corrected chi connectivity index (χ4v) is 3.53. The van der Waals surface area contributed by atoms with Gasteiger partial charge in [-0.1, -0.05) is 19.8 Å². The number of amides is 1. The molecule has 2 aliphatic rings. The van der Waals surface area contributed by atoms with E-state index >= 15 is 0 Å². The van der Waals surface area contributed by atoms with Crippen molar-refractivity contribution in [2.24, 2.45) is 17.1 Å². The molecular formula is C14H22N2O2. The van der Waals surface area contributed by atoms with E-state index in [-0.39, 0.29) is 23.3 Å². The Hall–Kier alpha value is -1.05. The van der Waals surface area contributed by atoms with Gasteiger partial charge in [0.25, 0.3) is 0 Å². The number of nitrogens with zero attached hydrogens (tertiary/aromatic N) is 1. The van der Waals surface area contributed by atoms with E-state index in [9.17, 15) is 4.79 Å². The lowest BCUT2D eigenvalue weighted by Crippen LogP contribution is -2.82. The highest BCUT2D eigenvalue weighted by molar-refractivity contribution is 5.89. The van der Waals surface area contributed by atoms with E-state index in [0.29, 0.717) is 6.54 Å². The maximum absolute atomic E-state index is 12.6. The monoisotopic (exact) mass is 250 g/mol. The molecular weight excluding hydrogens is 228 g/mol. The van der Waals surface area contributed by atoms with E-state index in [1.807, 2.05) is 13.8 Å². The number of ether oxygens (including phenoxy) is 1. The summed E-state index contributed by atoms with van der Waals surface area (Å²) >= 11 is 0. The van der Waals surface area contributed by atoms with Crippen LogP contribution in [0.1, 0.15) is 26.7 Å². The minimum absolute atomic E-state index is 0.0581. The second-order valence-corrected chi connectivity index (χ2v) is 6.00. The molecule has 4 nitrogen and oxygen atoms in total. The fourth-order valence-electron chi connectivity index (χ4n) is 3.53. The minimum Gasteiger partial charge on any atom is -0.377 e. The smallest absolute Gasteiger partial charge is 0.244 e. The van der Waals surface area contributed by atoms with Gasteiger partial charge in [0.05, 0.1) is 12.6 Å². The Kier molecular flexibility index (Phi) is 3.16. The van der Waals surface area contributed by atoms with Crippen molar-refractivity contribution in [3.8, 4) is 12.3 Å². The molecule has 0 radical (unpaired) electrons. The van der Waals surface area contributed by atoms with Crippen LogP contribution in [0.4, 0.5) is 0 Å². The molecule has 3 unspecified atom stereocenters. The SMILES string of the molecule is C#CCN(C)C(=O)C1(N)C2CCCOC2C1(C)C. The van der Waals surface area contributed by atoms with Gasteiger partial charge in [0.1, 0.15) is 5.54 Å². The molecule has 1 saturated carbocycles. The first-order valence-corrected chi connectivity index (χ1v) is 6.47. The van der Waals surface area contributed by atoms with Gasteiger partial charge in [-0.05, 0) is 12.8 Å². The zero-order valence-electron chi connectivity index (χ0n) is 11.4. The molecule has 0 bridgehead atoms. The summed E-state index contributed by atoms with van der Waals surface area (Å²) in [6.07, 6.45) is 7.29. The third-order valence-electron chi connectivity index (χ3n) is 4.71. The Labute approximate surface area is 109 Å². The number of carbonyl (C=O) groups is 1. The van der Waals surface area contributed by atoms with Gasteiger partial charge in [-0.3, -0.25) is 4.79 Å². The van der Waals surface area contributed by atoms with Crippen molar-refractivity contribution in [1.82, 2.24) is 4.90 Å². The summed E-state index contributed by atoms with van der Waals surface area (Å²) < 4.78 is 5.79. The number of hydrogen-bond donors (Lipinski definition) is 1. The highest BCUT2D eigenvalue weighted by Crippen LogP contribution is 2.57. The molecule has 4 heteroatoms. The van der Waals surface area contributed by atoms with Gasteiger partial charge in [0, 0.05) is 25.0 Å². The zero-order valence-corrected chi connectivity index (χ0v) is 11.4. The lowest BCUT2D eigenvalue weighted by atomic mass is 9.46. The summed E-state index contributed by atoms with van der Waals surface area (Å²) in [7, 11) is 1.71. The molecule has 0 spiro atoms. The van der Waals surface area contributed by atoms with E-state index in [0.717, 1.165) is 19.4 Å². The van der Waals surface area contributed by atoms with Crippen LogP contribution in [0.3, 0.4) is 0 Å². The van der Waals surface area contributed by atoms with Crippen LogP contribution in [-0.2, 0) is 9.53 Å². The molecule has 0 aromatic rings. The van der Waals surface area contributed by atoms with Crippen molar-refractivity contribution in [2.45, 2.75) is 38.3 Å². The Balaban J connectivity index is 2.24. The molecule has 0 aromatic heterocycles. The molecule has 1 saturated heterocycles. The third kappa shape index (κ3) is 1.51. The van der Waals surface area contributed by atoms with Gasteiger partial charge in [0.2, 0.25) is 5.91 Å². The number of fused-ring (bicyclic) bond motifs is 1. The van der Waals surface area contributed by atoms with Gasteiger partial charge < -0.3 is 15.4 Å². The van der Waals surface area contributed by atoms with Crippen molar-refractivity contribution in [3.63, 3.8) is 0 Å². The minimum atomic E-state index is -0.844. The van der Waals surface area contributed by atoms with Gasteiger partial charge >= 0.3 is 0 Å². The lowest BCUT2D eigenvalue weighted by Gasteiger charge is -2.65. The first-order valence-electron chi connectivity index (χ1n) is 6.47. The van der Waals surface area contributed by atoms with Crippen LogP contribution >= 0.6 is 0 Å². The summed E-state index contributed by atoms with van der Waals surface area (Å²) in [4.78, 5) is 14.1. The lowest BCUT2D eigenvalue weighted by molar-refractivity contribution is -0.229. The first kappa shape index (κ1) is 13.4. The third-order valence-corrected chi connectivity index (χ3v) is 4.71. The summed E-state index contributed by atoms with van der Waals surface area (Å²) in [5.41, 5.74) is 5.29. The topological polar surface area (TPSA) is 55.6 Å². The summed E-state index contributed by atoms with van der Waals surface area (Å²) in [5.74, 6) is 2.55. The number of terminal acetylenes is 1. The van der Waals surface area contributed by atoms with Gasteiger partial charge in [-0.25, -0.2) is 0 Å². The van der Waals surface area contributed by atoms with Gasteiger partial charge in [-0.15, -0.1) is 6.42 Å². The molecule has 100 valence electrons. The average molecular weight is 250 g/mol. The number of nitrogens with two attached hydrogens (primary N) is 1. The van der Waals surface area contributed by atoms with Gasteiger partial charge in [0.15, 0.2) is 0 Å². The number of hydrogen-bond acceptors (Lipinski definition) is 3. The van der Waals surface area contributed by atoms with E-state index in [1.165, 1.54) is 0 Å². The maximum atomic E-state index is 12.6. The summed E-state index contributed by atoms with van der Waals surface area (Å²) in [5, 5.41) is 0. The van der Waals surface area contributed by atoms with E-state index < -0.39 is 5.54 Å². The molecule has 3 atom stereocenters. The standard InChI is InChI=1S/C14H22N2O2/c1-5-8-16(4)12(17)14(15)10-7-6-9-18-11(10)13(14,2)3/h1,10-11H,6-9,15H2,2-4H3. The number of rotatable bonds is 2. The number of carbonyl (C=O) groups excluding carboxylic acids is 1. The second kappa shape index (κ2) is 4.25. The van der Waals surface area contributed by atoms with Crippen LogP contribution in [0.15, 0.2) is 0 Å². The molecule has 2 N–H and O–H groups in total. The molecule has 1 aliphatic carbocycles. The zero-order chi connectivity index (χ0) is 13.6. The van der Waals surface area contributed by atoms with Crippen LogP contribution in [0.5, 0.6) is 0 Å². The molecule has 18 heavy (non-hydrogen) atoms. The Morgan fingerprint density at radius 1 is 1.61 bits per heavy atom. The van der Waals surface area contributed by atoms with Crippen LogP contribution in [0.25, 0.3) is 0 Å². The predicted octanol–water partition coefficient (Wildman–Crippen LogP) is 0.610. The maximum Gasteiger partial charge on any atom is 0.244 e. The molecule has 1 aliphatic heterocycles. The van der Waals surface area contributed by atoms with Crippen molar-refractivity contribution in [3.05, 3.63) is 0 Å². The number of likely N-dealkylation sites (N-methyl/N-ethyl adjacent to an activating group) is 1. The molecule has 1 amide bonds. The molecule has 0 aromatic carbocycles. The molecule has 1 heterocycles. The normalized spacial score (nSPS) is 37.1. The predicted molar refractivity (Wildman–Crippen MR) is 69.6 cm³/mol. The Morgan fingerprint density at radius 3 is 2.89 bits per heavy atom. The van der Waals surface area contributed by atoms with E-state index in [4.69, 9.17) is 16.9 Å². The van der Waals surface area contributed by atoms with Crippen molar-refractivity contribution in [1.29, 1.82) is 0 Å². The van der Waals surface area contributed by atoms with Crippen LogP contribution < -0.4 is 5.73 Å². The summed E-state index contributed by atoms with van der Waals surface area (Å²) in [6.45, 7) is 5.10. The Bertz CT molecular complexity index is 399. The highest BCUT2D eigenvalue weighted by Gasteiger charge is 2.70. The average Bonchev–Trinajstić information content (AvgIpc) is 2.37. The summed E-state index contributed by atoms with van der Waals surface area (Å²) in [6, 6.07) is 0. The fraction of sp³-hybridized carbons (Fsp3) is 0.786. The van der Waals surface area contributed by atoms with E-state index in [2.05, 4.69) is 5.92 Å². The second-order valence-electron chi connectivity index (χ2n) is 6.00. The highest BCUT2D eigenvalue weighted by atomic mass is 16.5. The van der Waals surface area contributed by atoms with Crippen LogP contribution in [0.2, 0.25) is 0 Å². The Morgan fingerprint density at radius 2 is 2.28 bits per heavy atom. The largest absolute Gasteiger partial charge is 0.377 e. The van der Waals surface area contributed by atoms with Crippen LogP contribution in [-0.4, -0.2) is 42.6 Å². The van der Waals surface area contributed by atoms with Crippen molar-refractivity contribution < 1.29 is 9.53 Å². The van der Waals surface area contributed by atoms with E-state index in [1.54, 1.807) is 11.9 Å². The van der Waals surface area contributed by atoms with Crippen LogP contribution in [0, 0.1) is 23.7 Å². The first-order chi connectivity index (χ1) is 8.37. The van der Waals surface area contributed by atoms with Crippen molar-refractivity contribution >= 4 is 5.91 Å².